The highest BCUT2D eigenvalue weighted by Crippen LogP contribution is 2.08. The van der Waals surface area contributed by atoms with Crippen LogP contribution in [-0.2, 0) is 16.0 Å². The molecule has 0 amide bonds. The van der Waals surface area contributed by atoms with Gasteiger partial charge in [-0.1, -0.05) is 0 Å². The van der Waals surface area contributed by atoms with Gasteiger partial charge in [0.15, 0.2) is 0 Å². The van der Waals surface area contributed by atoms with Crippen LogP contribution in [0.25, 0.3) is 0 Å². The van der Waals surface area contributed by atoms with E-state index in [0.29, 0.717) is 13.2 Å². The van der Waals surface area contributed by atoms with Gasteiger partial charge in [-0.2, -0.15) is 0 Å². The number of hydrogen-bond donors (Lipinski definition) is 1. The minimum absolute atomic E-state index is 0.268. The fraction of sp³-hybridized carbons (Fsp3) is 0.750. The van der Waals surface area contributed by atoms with Gasteiger partial charge in [0.05, 0.1) is 25.0 Å². The SMILES string of the molecule is COCCNc1nc(C)cn1CCOC(C)C. The maximum Gasteiger partial charge on any atom is 0.203 e. The largest absolute Gasteiger partial charge is 0.383 e. The molecule has 5 heteroatoms. The summed E-state index contributed by atoms with van der Waals surface area (Å²) in [5.74, 6) is 0.881. The summed E-state index contributed by atoms with van der Waals surface area (Å²) in [5.41, 5.74) is 1.01. The normalized spacial score (nSPS) is 11.1. The fourth-order valence-corrected chi connectivity index (χ4v) is 1.51. The van der Waals surface area contributed by atoms with E-state index in [-0.39, 0.29) is 6.10 Å². The molecule has 0 aliphatic heterocycles. The van der Waals surface area contributed by atoms with Crippen molar-refractivity contribution >= 4 is 5.95 Å². The van der Waals surface area contributed by atoms with Crippen LogP contribution in [0.4, 0.5) is 5.95 Å². The summed E-state index contributed by atoms with van der Waals surface area (Å²) >= 11 is 0. The molecule has 0 radical (unpaired) electrons. The number of imidazole rings is 1. The van der Waals surface area contributed by atoms with Crippen molar-refractivity contribution in [3.63, 3.8) is 0 Å². The van der Waals surface area contributed by atoms with Gasteiger partial charge < -0.3 is 19.4 Å². The number of hydrogen-bond acceptors (Lipinski definition) is 4. The Morgan fingerprint density at radius 3 is 2.82 bits per heavy atom. The first-order valence-electron chi connectivity index (χ1n) is 6.01. The number of nitrogens with zero attached hydrogens (tertiary/aromatic N) is 2. The number of aryl methyl sites for hydroxylation is 1. The zero-order valence-electron chi connectivity index (χ0n) is 11.2. The van der Waals surface area contributed by atoms with E-state index >= 15 is 0 Å². The second-order valence-electron chi connectivity index (χ2n) is 4.24. The summed E-state index contributed by atoms with van der Waals surface area (Å²) in [4.78, 5) is 4.42. The first-order valence-corrected chi connectivity index (χ1v) is 6.01. The highest BCUT2D eigenvalue weighted by atomic mass is 16.5. The summed E-state index contributed by atoms with van der Waals surface area (Å²) in [6.45, 7) is 9.02. The molecule has 0 aliphatic carbocycles. The Balaban J connectivity index is 2.45. The van der Waals surface area contributed by atoms with E-state index in [4.69, 9.17) is 9.47 Å². The molecular formula is C12H23N3O2. The summed E-state index contributed by atoms with van der Waals surface area (Å²) in [6, 6.07) is 0. The van der Waals surface area contributed by atoms with Crippen molar-refractivity contribution in [2.24, 2.45) is 0 Å². The average molecular weight is 241 g/mol. The highest BCUT2D eigenvalue weighted by molar-refractivity contribution is 5.28. The Bertz CT molecular complexity index is 324. The standard InChI is InChI=1S/C12H23N3O2/c1-10(2)17-8-6-15-9-11(3)14-12(15)13-5-7-16-4/h9-10H,5-8H2,1-4H3,(H,13,14). The quantitative estimate of drug-likeness (QED) is 0.703. The summed E-state index contributed by atoms with van der Waals surface area (Å²) in [7, 11) is 1.69. The number of rotatable bonds is 8. The maximum absolute atomic E-state index is 5.53. The topological polar surface area (TPSA) is 48.3 Å². The van der Waals surface area contributed by atoms with Gasteiger partial charge in [0, 0.05) is 26.4 Å². The van der Waals surface area contributed by atoms with Crippen LogP contribution in [0.15, 0.2) is 6.20 Å². The number of aromatic nitrogens is 2. The summed E-state index contributed by atoms with van der Waals surface area (Å²) in [6.07, 6.45) is 2.29. The van der Waals surface area contributed by atoms with Crippen molar-refractivity contribution in [1.82, 2.24) is 9.55 Å². The third-order valence-corrected chi connectivity index (χ3v) is 2.27. The van der Waals surface area contributed by atoms with Gasteiger partial charge in [-0.25, -0.2) is 4.98 Å². The second kappa shape index (κ2) is 7.29. The lowest BCUT2D eigenvalue weighted by Crippen LogP contribution is -2.15. The molecule has 1 N–H and O–H groups in total. The Labute approximate surface area is 103 Å². The molecule has 17 heavy (non-hydrogen) atoms. The maximum atomic E-state index is 5.53. The van der Waals surface area contributed by atoms with Crippen molar-refractivity contribution in [3.8, 4) is 0 Å². The monoisotopic (exact) mass is 241 g/mol. The minimum atomic E-state index is 0.268. The molecule has 0 saturated carbocycles. The highest BCUT2D eigenvalue weighted by Gasteiger charge is 2.05. The molecule has 0 spiro atoms. The Morgan fingerprint density at radius 1 is 1.41 bits per heavy atom. The molecule has 0 saturated heterocycles. The van der Waals surface area contributed by atoms with Gasteiger partial charge >= 0.3 is 0 Å². The summed E-state index contributed by atoms with van der Waals surface area (Å²) < 4.78 is 12.6. The Kier molecular flexibility index (Phi) is 6.00. The number of nitrogens with one attached hydrogen (secondary N) is 1. The lowest BCUT2D eigenvalue weighted by molar-refractivity contribution is 0.0730. The third-order valence-electron chi connectivity index (χ3n) is 2.27. The number of ether oxygens (including phenoxy) is 2. The minimum Gasteiger partial charge on any atom is -0.383 e. The van der Waals surface area contributed by atoms with Gasteiger partial charge in [-0.05, 0) is 20.8 Å². The van der Waals surface area contributed by atoms with Gasteiger partial charge in [0.25, 0.3) is 0 Å². The summed E-state index contributed by atoms with van der Waals surface area (Å²) in [5, 5.41) is 3.24. The van der Waals surface area contributed by atoms with Crippen molar-refractivity contribution in [1.29, 1.82) is 0 Å². The van der Waals surface area contributed by atoms with Crippen LogP contribution in [0.5, 0.6) is 0 Å². The van der Waals surface area contributed by atoms with E-state index in [1.54, 1.807) is 7.11 Å². The second-order valence-corrected chi connectivity index (χ2v) is 4.24. The average Bonchev–Trinajstić information content (AvgIpc) is 2.59. The molecule has 1 rings (SSSR count). The fourth-order valence-electron chi connectivity index (χ4n) is 1.51. The zero-order chi connectivity index (χ0) is 12.7. The van der Waals surface area contributed by atoms with Crippen LogP contribution in [0.1, 0.15) is 19.5 Å². The first kappa shape index (κ1) is 14.0. The van der Waals surface area contributed by atoms with Crippen LogP contribution >= 0.6 is 0 Å². The first-order chi connectivity index (χ1) is 8.13. The number of methoxy groups -OCH3 is 1. The lowest BCUT2D eigenvalue weighted by atomic mass is 10.5. The Morgan fingerprint density at radius 2 is 2.18 bits per heavy atom. The van der Waals surface area contributed by atoms with Crippen LogP contribution in [0, 0.1) is 6.92 Å². The molecule has 0 aromatic carbocycles. The van der Waals surface area contributed by atoms with E-state index in [9.17, 15) is 0 Å². The van der Waals surface area contributed by atoms with E-state index in [0.717, 1.165) is 24.7 Å². The molecule has 0 aliphatic rings. The number of anilines is 1. The van der Waals surface area contributed by atoms with E-state index in [1.807, 2.05) is 27.0 Å². The molecule has 1 aromatic heterocycles. The molecule has 1 heterocycles. The van der Waals surface area contributed by atoms with Crippen molar-refractivity contribution in [2.75, 3.05) is 32.2 Å². The van der Waals surface area contributed by atoms with Gasteiger partial charge in [-0.3, -0.25) is 0 Å². The Hall–Kier alpha value is -1.07. The molecule has 98 valence electrons. The van der Waals surface area contributed by atoms with Crippen molar-refractivity contribution < 1.29 is 9.47 Å². The van der Waals surface area contributed by atoms with Gasteiger partial charge in [0.2, 0.25) is 5.95 Å². The van der Waals surface area contributed by atoms with E-state index in [1.165, 1.54) is 0 Å². The van der Waals surface area contributed by atoms with E-state index < -0.39 is 0 Å². The smallest absolute Gasteiger partial charge is 0.203 e. The van der Waals surface area contributed by atoms with Crippen molar-refractivity contribution in [3.05, 3.63) is 11.9 Å². The van der Waals surface area contributed by atoms with Gasteiger partial charge in [0.1, 0.15) is 0 Å². The molecule has 0 fully saturated rings. The third kappa shape index (κ3) is 5.19. The van der Waals surface area contributed by atoms with Crippen LogP contribution in [0.2, 0.25) is 0 Å². The lowest BCUT2D eigenvalue weighted by Gasteiger charge is -2.11. The molecular weight excluding hydrogens is 218 g/mol. The van der Waals surface area contributed by atoms with E-state index in [2.05, 4.69) is 14.9 Å². The predicted octanol–water partition coefficient (Wildman–Crippen LogP) is 1.67. The molecule has 0 atom stereocenters. The van der Waals surface area contributed by atoms with Crippen molar-refractivity contribution in [2.45, 2.75) is 33.4 Å². The molecule has 0 unspecified atom stereocenters. The van der Waals surface area contributed by atoms with Crippen LogP contribution in [0.3, 0.4) is 0 Å². The van der Waals surface area contributed by atoms with Gasteiger partial charge in [-0.15, -0.1) is 0 Å². The van der Waals surface area contributed by atoms with Crippen LogP contribution in [-0.4, -0.2) is 42.5 Å². The van der Waals surface area contributed by atoms with Crippen LogP contribution < -0.4 is 5.32 Å². The molecule has 5 nitrogen and oxygen atoms in total. The molecule has 0 bridgehead atoms. The zero-order valence-corrected chi connectivity index (χ0v) is 11.2. The predicted molar refractivity (Wildman–Crippen MR) is 68.4 cm³/mol. The molecule has 1 aromatic rings.